The molecule has 1 atom stereocenters. The summed E-state index contributed by atoms with van der Waals surface area (Å²) in [5.41, 5.74) is 0. The van der Waals surface area contributed by atoms with Crippen LogP contribution in [0, 0.1) is 0 Å². The molecular formula is C15H16N2O5S. The van der Waals surface area contributed by atoms with E-state index in [2.05, 4.69) is 10.6 Å². The van der Waals surface area contributed by atoms with Crippen LogP contribution in [0.5, 0.6) is 0 Å². The molecule has 2 rings (SSSR count). The second-order valence-electron chi connectivity index (χ2n) is 4.65. The van der Waals surface area contributed by atoms with Crippen LogP contribution in [0.25, 0.3) is 0 Å². The molecule has 1 aromatic carbocycles. The van der Waals surface area contributed by atoms with Crippen molar-refractivity contribution in [3.8, 4) is 0 Å². The first-order valence-electron chi connectivity index (χ1n) is 6.79. The Kier molecular flexibility index (Phi) is 5.17. The number of sulfone groups is 1. The molecule has 8 heteroatoms. The van der Waals surface area contributed by atoms with Gasteiger partial charge in [0.2, 0.25) is 0 Å². The van der Waals surface area contributed by atoms with Gasteiger partial charge in [-0.2, -0.15) is 0 Å². The number of hydrogen-bond donors (Lipinski definition) is 2. The Bertz CT molecular complexity index is 769. The summed E-state index contributed by atoms with van der Waals surface area (Å²) >= 11 is 0. The number of rotatable bonds is 5. The zero-order chi connectivity index (χ0) is 16.9. The second kappa shape index (κ2) is 7.10. The van der Waals surface area contributed by atoms with E-state index < -0.39 is 26.9 Å². The molecule has 0 spiro atoms. The Morgan fingerprint density at radius 3 is 2.35 bits per heavy atom. The van der Waals surface area contributed by atoms with Crippen molar-refractivity contribution < 1.29 is 22.4 Å². The van der Waals surface area contributed by atoms with Gasteiger partial charge in [0.05, 0.1) is 11.2 Å². The molecule has 0 aliphatic rings. The third-order valence-corrected chi connectivity index (χ3v) is 5.27. The van der Waals surface area contributed by atoms with Crippen molar-refractivity contribution in [1.29, 1.82) is 0 Å². The molecule has 1 heterocycles. The number of carbonyl (C=O) groups is 2. The van der Waals surface area contributed by atoms with Crippen LogP contribution in [0.2, 0.25) is 0 Å². The molecule has 0 radical (unpaired) electrons. The van der Waals surface area contributed by atoms with E-state index in [1.54, 1.807) is 24.3 Å². The third-order valence-electron chi connectivity index (χ3n) is 3.19. The van der Waals surface area contributed by atoms with Crippen molar-refractivity contribution in [2.24, 2.45) is 0 Å². The predicted octanol–water partition coefficient (Wildman–Crippen LogP) is 0.657. The van der Waals surface area contributed by atoms with E-state index in [1.165, 1.54) is 31.5 Å². The number of likely N-dealkylation sites (N-methyl/N-ethyl adjacent to an activating group) is 1. The highest BCUT2D eigenvalue weighted by atomic mass is 32.2. The van der Waals surface area contributed by atoms with Crippen molar-refractivity contribution in [2.45, 2.75) is 10.1 Å². The summed E-state index contributed by atoms with van der Waals surface area (Å²) in [6, 6.07) is 10.9. The minimum atomic E-state index is -3.79. The fourth-order valence-corrected chi connectivity index (χ4v) is 3.60. The van der Waals surface area contributed by atoms with E-state index >= 15 is 0 Å². The number of furan rings is 1. The summed E-state index contributed by atoms with van der Waals surface area (Å²) in [4.78, 5) is 22.9. The molecule has 0 unspecified atom stereocenters. The first-order chi connectivity index (χ1) is 11.0. The highest BCUT2D eigenvalue weighted by molar-refractivity contribution is 7.91. The average Bonchev–Trinajstić information content (AvgIpc) is 3.08. The molecular weight excluding hydrogens is 320 g/mol. The van der Waals surface area contributed by atoms with Gasteiger partial charge in [0.15, 0.2) is 9.84 Å². The molecule has 0 saturated heterocycles. The van der Waals surface area contributed by atoms with Gasteiger partial charge in [0, 0.05) is 13.6 Å². The average molecular weight is 336 g/mol. The molecule has 0 bridgehead atoms. The summed E-state index contributed by atoms with van der Waals surface area (Å²) in [5.74, 6) is -1.57. The number of hydrogen-bond acceptors (Lipinski definition) is 5. The fourth-order valence-electron chi connectivity index (χ4n) is 1.99. The lowest BCUT2D eigenvalue weighted by molar-refractivity contribution is -0.138. The summed E-state index contributed by atoms with van der Waals surface area (Å²) in [6.07, 6.45) is 1.35. The van der Waals surface area contributed by atoms with Gasteiger partial charge in [-0.15, -0.1) is 0 Å². The standard InChI is InChI=1S/C15H16N2O5S/c1-16-14(18)15(19)17-10-13(12-8-5-9-22-12)23(20,21)11-6-3-2-4-7-11/h2-9,13H,10H2,1H3,(H,16,18)(H,17,19)/t13-/m1/s1. The van der Waals surface area contributed by atoms with Gasteiger partial charge in [0.25, 0.3) is 0 Å². The molecule has 7 nitrogen and oxygen atoms in total. The van der Waals surface area contributed by atoms with Gasteiger partial charge in [-0.25, -0.2) is 8.42 Å². The van der Waals surface area contributed by atoms with E-state index in [-0.39, 0.29) is 17.2 Å². The van der Waals surface area contributed by atoms with Gasteiger partial charge in [-0.05, 0) is 24.3 Å². The number of benzene rings is 1. The maximum Gasteiger partial charge on any atom is 0.309 e. The molecule has 1 aromatic heterocycles. The maximum absolute atomic E-state index is 12.8. The van der Waals surface area contributed by atoms with E-state index in [4.69, 9.17) is 4.42 Å². The Hall–Kier alpha value is -2.61. The molecule has 0 aliphatic carbocycles. The minimum Gasteiger partial charge on any atom is -0.468 e. The van der Waals surface area contributed by atoms with Gasteiger partial charge in [-0.3, -0.25) is 9.59 Å². The van der Waals surface area contributed by atoms with Gasteiger partial charge < -0.3 is 15.1 Å². The zero-order valence-corrected chi connectivity index (χ0v) is 13.2. The smallest absolute Gasteiger partial charge is 0.309 e. The molecule has 0 saturated carbocycles. The molecule has 0 fully saturated rings. The lowest BCUT2D eigenvalue weighted by Crippen LogP contribution is -2.40. The Morgan fingerprint density at radius 2 is 1.78 bits per heavy atom. The lowest BCUT2D eigenvalue weighted by Gasteiger charge is -2.16. The van der Waals surface area contributed by atoms with Crippen molar-refractivity contribution in [1.82, 2.24) is 10.6 Å². The van der Waals surface area contributed by atoms with Crippen molar-refractivity contribution in [3.05, 3.63) is 54.5 Å². The van der Waals surface area contributed by atoms with Crippen LogP contribution in [0.1, 0.15) is 11.0 Å². The van der Waals surface area contributed by atoms with Crippen molar-refractivity contribution in [2.75, 3.05) is 13.6 Å². The Balaban J connectivity index is 2.29. The molecule has 122 valence electrons. The molecule has 23 heavy (non-hydrogen) atoms. The lowest BCUT2D eigenvalue weighted by atomic mass is 10.3. The summed E-state index contributed by atoms with van der Waals surface area (Å²) in [5, 5.41) is 3.35. The number of carbonyl (C=O) groups excluding carboxylic acids is 2. The highest BCUT2D eigenvalue weighted by Crippen LogP contribution is 2.28. The maximum atomic E-state index is 12.8. The number of amides is 2. The van der Waals surface area contributed by atoms with Gasteiger partial charge in [-0.1, -0.05) is 18.2 Å². The van der Waals surface area contributed by atoms with Crippen LogP contribution in [0.3, 0.4) is 0 Å². The zero-order valence-electron chi connectivity index (χ0n) is 12.4. The summed E-state index contributed by atoms with van der Waals surface area (Å²) < 4.78 is 30.7. The van der Waals surface area contributed by atoms with Gasteiger partial charge >= 0.3 is 11.8 Å². The first-order valence-corrected chi connectivity index (χ1v) is 8.33. The molecule has 2 aromatic rings. The molecule has 2 N–H and O–H groups in total. The third kappa shape index (κ3) is 3.78. The predicted molar refractivity (Wildman–Crippen MR) is 82.2 cm³/mol. The quantitative estimate of drug-likeness (QED) is 0.780. The van der Waals surface area contributed by atoms with Crippen molar-refractivity contribution in [3.63, 3.8) is 0 Å². The normalized spacial score (nSPS) is 12.4. The van der Waals surface area contributed by atoms with Crippen LogP contribution in [-0.2, 0) is 19.4 Å². The monoisotopic (exact) mass is 336 g/mol. The van der Waals surface area contributed by atoms with E-state index in [0.29, 0.717) is 0 Å². The largest absolute Gasteiger partial charge is 0.468 e. The van der Waals surface area contributed by atoms with Crippen LogP contribution in [0.4, 0.5) is 0 Å². The SMILES string of the molecule is CNC(=O)C(=O)NC[C@H](c1ccco1)S(=O)(=O)c1ccccc1. The first kappa shape index (κ1) is 16.8. The van der Waals surface area contributed by atoms with Crippen LogP contribution in [0.15, 0.2) is 58.0 Å². The van der Waals surface area contributed by atoms with E-state index in [9.17, 15) is 18.0 Å². The summed E-state index contributed by atoms with van der Waals surface area (Å²) in [6.45, 7) is -0.281. The van der Waals surface area contributed by atoms with Crippen LogP contribution >= 0.6 is 0 Å². The van der Waals surface area contributed by atoms with Crippen LogP contribution in [-0.4, -0.2) is 33.8 Å². The Morgan fingerprint density at radius 1 is 1.09 bits per heavy atom. The van der Waals surface area contributed by atoms with Gasteiger partial charge in [0.1, 0.15) is 11.0 Å². The number of nitrogens with one attached hydrogen (secondary N) is 2. The topological polar surface area (TPSA) is 105 Å². The minimum absolute atomic E-state index is 0.107. The van der Waals surface area contributed by atoms with Crippen molar-refractivity contribution >= 4 is 21.7 Å². The second-order valence-corrected chi connectivity index (χ2v) is 6.78. The molecule has 0 aliphatic heterocycles. The van der Waals surface area contributed by atoms with Crippen LogP contribution < -0.4 is 10.6 Å². The Labute approximate surface area is 133 Å². The highest BCUT2D eigenvalue weighted by Gasteiger charge is 2.32. The van der Waals surface area contributed by atoms with E-state index in [0.717, 1.165) is 0 Å². The summed E-state index contributed by atoms with van der Waals surface area (Å²) in [7, 11) is -2.48. The van der Waals surface area contributed by atoms with E-state index in [1.807, 2.05) is 0 Å². The molecule has 2 amide bonds. The fraction of sp³-hybridized carbons (Fsp3) is 0.200.